The van der Waals surface area contributed by atoms with Crippen molar-refractivity contribution in [2.24, 2.45) is 0 Å². The van der Waals surface area contributed by atoms with Crippen LogP contribution >= 0.6 is 34.0 Å². The Kier molecular flexibility index (Phi) is 4.47. The van der Waals surface area contributed by atoms with Crippen LogP contribution in [-0.2, 0) is 16.6 Å². The molecule has 0 atom stereocenters. The van der Waals surface area contributed by atoms with E-state index in [9.17, 15) is 8.42 Å². The fourth-order valence-electron chi connectivity index (χ4n) is 2.02. The Hall–Kier alpha value is -1.06. The van der Waals surface area contributed by atoms with E-state index in [2.05, 4.69) is 9.71 Å². The van der Waals surface area contributed by atoms with E-state index >= 15 is 0 Å². The van der Waals surface area contributed by atoms with Crippen LogP contribution in [0.4, 0.5) is 0 Å². The molecule has 3 aromatic heterocycles. The molecule has 0 spiro atoms. The second-order valence-electron chi connectivity index (χ2n) is 4.72. The maximum Gasteiger partial charge on any atom is 0.242 e. The summed E-state index contributed by atoms with van der Waals surface area (Å²) >= 11 is 4.64. The zero-order valence-electron chi connectivity index (χ0n) is 12.0. The molecule has 3 heterocycles. The Morgan fingerprint density at radius 3 is 2.73 bits per heavy atom. The molecule has 0 fully saturated rings. The molecule has 0 aromatic carbocycles. The average molecular weight is 371 g/mol. The molecule has 4 nitrogen and oxygen atoms in total. The summed E-state index contributed by atoms with van der Waals surface area (Å²) in [7, 11) is -3.49. The maximum absolute atomic E-state index is 12.3. The molecule has 0 radical (unpaired) electrons. The number of thiazole rings is 1. The van der Waals surface area contributed by atoms with E-state index in [0.29, 0.717) is 4.90 Å². The van der Waals surface area contributed by atoms with Crippen molar-refractivity contribution < 1.29 is 8.42 Å². The highest BCUT2D eigenvalue weighted by Gasteiger charge is 2.19. The molecule has 0 saturated carbocycles. The van der Waals surface area contributed by atoms with E-state index in [-0.39, 0.29) is 6.54 Å². The highest BCUT2D eigenvalue weighted by Crippen LogP contribution is 2.28. The third-order valence-electron chi connectivity index (χ3n) is 3.01. The number of thiophene rings is 2. The van der Waals surface area contributed by atoms with Crippen molar-refractivity contribution in [2.45, 2.75) is 25.3 Å². The number of sulfonamides is 1. The van der Waals surface area contributed by atoms with Gasteiger partial charge < -0.3 is 0 Å². The Bertz CT molecular complexity index is 876. The first-order chi connectivity index (χ1) is 10.5. The SMILES string of the molecule is Cc1cc(S(=O)(=O)NCc2csc(-c3cccs3)n2)c(C)s1. The van der Waals surface area contributed by atoms with Gasteiger partial charge in [-0.05, 0) is 31.4 Å². The Labute approximate surface area is 141 Å². The summed E-state index contributed by atoms with van der Waals surface area (Å²) in [6.07, 6.45) is 0. The molecule has 22 heavy (non-hydrogen) atoms. The number of aryl methyl sites for hydroxylation is 2. The predicted octanol–water partition coefficient (Wildman–Crippen LogP) is 4.03. The van der Waals surface area contributed by atoms with E-state index in [1.165, 1.54) is 22.7 Å². The molecule has 0 aliphatic carbocycles. The lowest BCUT2D eigenvalue weighted by Gasteiger charge is -2.04. The highest BCUT2D eigenvalue weighted by molar-refractivity contribution is 7.89. The standard InChI is InChI=1S/C14H14N2O2S4/c1-9-6-13(10(2)21-9)22(17,18)15-7-11-8-20-14(16-11)12-4-3-5-19-12/h3-6,8,15H,7H2,1-2H3. The largest absolute Gasteiger partial charge is 0.242 e. The van der Waals surface area contributed by atoms with Crippen molar-refractivity contribution in [3.63, 3.8) is 0 Å². The van der Waals surface area contributed by atoms with Gasteiger partial charge in [-0.25, -0.2) is 18.1 Å². The first-order valence-electron chi connectivity index (χ1n) is 6.51. The van der Waals surface area contributed by atoms with E-state index in [0.717, 1.165) is 25.3 Å². The Balaban J connectivity index is 1.74. The minimum Gasteiger partial charge on any atom is -0.239 e. The first kappa shape index (κ1) is 15.8. The number of nitrogens with zero attached hydrogens (tertiary/aromatic N) is 1. The third kappa shape index (κ3) is 3.31. The van der Waals surface area contributed by atoms with Gasteiger partial charge in [-0.15, -0.1) is 34.0 Å². The van der Waals surface area contributed by atoms with Gasteiger partial charge in [0.2, 0.25) is 10.0 Å². The van der Waals surface area contributed by atoms with E-state index in [1.54, 1.807) is 17.4 Å². The Morgan fingerprint density at radius 2 is 2.09 bits per heavy atom. The number of hydrogen-bond donors (Lipinski definition) is 1. The minimum absolute atomic E-state index is 0.207. The van der Waals surface area contributed by atoms with Gasteiger partial charge >= 0.3 is 0 Å². The van der Waals surface area contributed by atoms with Crippen LogP contribution in [0.15, 0.2) is 33.9 Å². The topological polar surface area (TPSA) is 59.1 Å². The van der Waals surface area contributed by atoms with Crippen LogP contribution in [0.1, 0.15) is 15.4 Å². The van der Waals surface area contributed by atoms with Crippen molar-refractivity contribution in [2.75, 3.05) is 0 Å². The monoisotopic (exact) mass is 370 g/mol. The van der Waals surface area contributed by atoms with Crippen molar-refractivity contribution in [3.8, 4) is 9.88 Å². The van der Waals surface area contributed by atoms with Crippen LogP contribution in [0, 0.1) is 13.8 Å². The summed E-state index contributed by atoms with van der Waals surface area (Å²) in [5, 5.41) is 4.82. The molecule has 0 aliphatic heterocycles. The molecular weight excluding hydrogens is 356 g/mol. The predicted molar refractivity (Wildman–Crippen MR) is 93.2 cm³/mol. The van der Waals surface area contributed by atoms with Crippen molar-refractivity contribution in [1.29, 1.82) is 0 Å². The molecule has 116 valence electrons. The van der Waals surface area contributed by atoms with Crippen molar-refractivity contribution >= 4 is 44.0 Å². The molecule has 3 aromatic rings. The van der Waals surface area contributed by atoms with Crippen LogP contribution < -0.4 is 4.72 Å². The highest BCUT2D eigenvalue weighted by atomic mass is 32.2. The van der Waals surface area contributed by atoms with Crippen LogP contribution in [0.2, 0.25) is 0 Å². The number of hydrogen-bond acceptors (Lipinski definition) is 6. The fourth-order valence-corrected chi connectivity index (χ4v) is 6.21. The summed E-state index contributed by atoms with van der Waals surface area (Å²) in [4.78, 5) is 7.75. The van der Waals surface area contributed by atoms with Gasteiger partial charge in [0.05, 0.1) is 22.0 Å². The lowest BCUT2D eigenvalue weighted by Crippen LogP contribution is -2.23. The average Bonchev–Trinajstić information content (AvgIpc) is 3.16. The second kappa shape index (κ2) is 6.21. The normalized spacial score (nSPS) is 11.9. The summed E-state index contributed by atoms with van der Waals surface area (Å²) in [5.41, 5.74) is 0.738. The van der Waals surface area contributed by atoms with E-state index in [1.807, 2.05) is 36.7 Å². The molecule has 3 rings (SSSR count). The van der Waals surface area contributed by atoms with Gasteiger partial charge in [-0.2, -0.15) is 0 Å². The molecular formula is C14H14N2O2S4. The summed E-state index contributed by atoms with van der Waals surface area (Å²) in [6.45, 7) is 3.94. The summed E-state index contributed by atoms with van der Waals surface area (Å²) < 4.78 is 27.3. The number of aromatic nitrogens is 1. The fraction of sp³-hybridized carbons (Fsp3) is 0.214. The van der Waals surface area contributed by atoms with Gasteiger partial charge in [-0.1, -0.05) is 6.07 Å². The van der Waals surface area contributed by atoms with Crippen LogP contribution in [0.3, 0.4) is 0 Å². The quantitative estimate of drug-likeness (QED) is 0.738. The van der Waals surface area contributed by atoms with Crippen LogP contribution in [0.5, 0.6) is 0 Å². The van der Waals surface area contributed by atoms with Gasteiger partial charge in [-0.3, -0.25) is 0 Å². The number of nitrogens with one attached hydrogen (secondary N) is 1. The van der Waals surface area contributed by atoms with E-state index in [4.69, 9.17) is 0 Å². The molecule has 0 unspecified atom stereocenters. The van der Waals surface area contributed by atoms with Crippen LogP contribution in [0.25, 0.3) is 9.88 Å². The van der Waals surface area contributed by atoms with Gasteiger partial charge in [0.25, 0.3) is 0 Å². The second-order valence-corrected chi connectivity index (χ2v) is 9.72. The molecule has 0 saturated heterocycles. The lowest BCUT2D eigenvalue weighted by atomic mass is 10.4. The van der Waals surface area contributed by atoms with Gasteiger partial charge in [0.15, 0.2) is 0 Å². The van der Waals surface area contributed by atoms with E-state index < -0.39 is 10.0 Å². The van der Waals surface area contributed by atoms with Crippen molar-refractivity contribution in [1.82, 2.24) is 9.71 Å². The van der Waals surface area contributed by atoms with Gasteiger partial charge in [0.1, 0.15) is 5.01 Å². The molecule has 8 heteroatoms. The molecule has 0 bridgehead atoms. The minimum atomic E-state index is -3.49. The first-order valence-corrected chi connectivity index (χ1v) is 10.6. The Morgan fingerprint density at radius 1 is 1.27 bits per heavy atom. The lowest BCUT2D eigenvalue weighted by molar-refractivity contribution is 0.580. The van der Waals surface area contributed by atoms with Crippen molar-refractivity contribution in [3.05, 3.63) is 44.4 Å². The smallest absolute Gasteiger partial charge is 0.239 e. The summed E-state index contributed by atoms with van der Waals surface area (Å²) in [5.74, 6) is 0. The zero-order valence-corrected chi connectivity index (χ0v) is 15.3. The van der Waals surface area contributed by atoms with Gasteiger partial charge in [0, 0.05) is 15.1 Å². The summed E-state index contributed by atoms with van der Waals surface area (Å²) in [6, 6.07) is 5.70. The molecule has 0 aliphatic rings. The number of rotatable bonds is 5. The third-order valence-corrected chi connectivity index (χ3v) is 7.56. The molecule has 0 amide bonds. The molecule has 1 N–H and O–H groups in total. The maximum atomic E-state index is 12.3. The zero-order chi connectivity index (χ0) is 15.7. The van der Waals surface area contributed by atoms with Crippen LogP contribution in [-0.4, -0.2) is 13.4 Å².